The molecule has 0 atom stereocenters. The molecule has 96 valence electrons. The molecule has 0 radical (unpaired) electrons. The Kier molecular flexibility index (Phi) is 3.58. The van der Waals surface area contributed by atoms with Gasteiger partial charge in [0.05, 0.1) is 7.11 Å². The van der Waals surface area contributed by atoms with E-state index in [-0.39, 0.29) is 11.7 Å². The molecule has 2 aromatic rings. The lowest BCUT2D eigenvalue weighted by Crippen LogP contribution is -2.24. The number of benzene rings is 1. The molecule has 18 heavy (non-hydrogen) atoms. The summed E-state index contributed by atoms with van der Waals surface area (Å²) in [5.74, 6) is 0.673. The van der Waals surface area contributed by atoms with Gasteiger partial charge in [0.1, 0.15) is 12.1 Å². The molecule has 0 amide bonds. The Morgan fingerprint density at radius 3 is 2.94 bits per heavy atom. The summed E-state index contributed by atoms with van der Waals surface area (Å²) in [6.45, 7) is 0.153. The zero-order chi connectivity index (χ0) is 13.0. The Morgan fingerprint density at radius 2 is 2.28 bits per heavy atom. The van der Waals surface area contributed by atoms with Crippen molar-refractivity contribution in [3.63, 3.8) is 0 Å². The highest BCUT2D eigenvalue weighted by molar-refractivity contribution is 7.89. The molecule has 1 heterocycles. The Labute approximate surface area is 104 Å². The van der Waals surface area contributed by atoms with Crippen molar-refractivity contribution in [2.45, 2.75) is 11.7 Å². The summed E-state index contributed by atoms with van der Waals surface area (Å²) in [4.78, 5) is 3.59. The van der Waals surface area contributed by atoms with Crippen LogP contribution in [0.25, 0.3) is 0 Å². The fourth-order valence-electron chi connectivity index (χ4n) is 1.35. The smallest absolute Gasteiger partial charge is 0.276 e. The third-order valence-corrected chi connectivity index (χ3v) is 3.48. The quantitative estimate of drug-likeness (QED) is 0.812. The molecule has 0 bridgehead atoms. The van der Waals surface area contributed by atoms with Crippen molar-refractivity contribution in [1.29, 1.82) is 0 Å². The number of hydrogen-bond donors (Lipinski definition) is 2. The van der Waals surface area contributed by atoms with Crippen molar-refractivity contribution in [2.75, 3.05) is 7.11 Å². The number of rotatable bonds is 5. The van der Waals surface area contributed by atoms with Gasteiger partial charge in [-0.1, -0.05) is 12.1 Å². The van der Waals surface area contributed by atoms with Crippen LogP contribution >= 0.6 is 0 Å². The molecule has 0 saturated heterocycles. The molecule has 0 spiro atoms. The Morgan fingerprint density at radius 1 is 1.44 bits per heavy atom. The van der Waals surface area contributed by atoms with E-state index in [1.54, 1.807) is 31.4 Å². The number of methoxy groups -OCH3 is 1. The minimum atomic E-state index is -3.65. The number of hydrogen-bond acceptors (Lipinski definition) is 5. The molecule has 2 rings (SSSR count). The van der Waals surface area contributed by atoms with E-state index in [1.165, 1.54) is 0 Å². The van der Waals surface area contributed by atoms with E-state index in [2.05, 4.69) is 19.9 Å². The average molecular weight is 268 g/mol. The zero-order valence-corrected chi connectivity index (χ0v) is 10.4. The van der Waals surface area contributed by atoms with E-state index in [1.807, 2.05) is 0 Å². The highest BCUT2D eigenvalue weighted by atomic mass is 32.2. The average Bonchev–Trinajstić information content (AvgIpc) is 2.91. The third kappa shape index (κ3) is 2.84. The molecule has 7 nitrogen and oxygen atoms in total. The minimum absolute atomic E-state index is 0.153. The Bertz CT molecular complexity index is 610. The summed E-state index contributed by atoms with van der Waals surface area (Å²) >= 11 is 0. The summed E-state index contributed by atoms with van der Waals surface area (Å²) in [7, 11) is -2.10. The molecule has 1 aromatic heterocycles. The van der Waals surface area contributed by atoms with Gasteiger partial charge in [-0.2, -0.15) is 5.10 Å². The van der Waals surface area contributed by atoms with E-state index in [9.17, 15) is 8.42 Å². The topological polar surface area (TPSA) is 97.0 Å². The molecular weight excluding hydrogens is 256 g/mol. The molecule has 0 fully saturated rings. The highest BCUT2D eigenvalue weighted by Crippen LogP contribution is 2.12. The first-order chi connectivity index (χ1) is 8.62. The van der Waals surface area contributed by atoms with Crippen molar-refractivity contribution in [3.05, 3.63) is 36.2 Å². The SMILES string of the molecule is COc1cccc(CNS(=O)(=O)c2ncn[nH]2)c1. The van der Waals surface area contributed by atoms with Crippen molar-refractivity contribution in [1.82, 2.24) is 19.9 Å². The molecule has 0 aliphatic rings. The van der Waals surface area contributed by atoms with Crippen LogP contribution in [0.5, 0.6) is 5.75 Å². The van der Waals surface area contributed by atoms with Gasteiger partial charge in [0, 0.05) is 6.54 Å². The maximum atomic E-state index is 11.7. The van der Waals surface area contributed by atoms with Gasteiger partial charge in [-0.3, -0.25) is 0 Å². The van der Waals surface area contributed by atoms with Crippen LogP contribution in [0.4, 0.5) is 0 Å². The number of nitrogens with one attached hydrogen (secondary N) is 2. The molecule has 0 unspecified atom stereocenters. The van der Waals surface area contributed by atoms with E-state index in [0.29, 0.717) is 5.75 Å². The normalized spacial score (nSPS) is 11.4. The van der Waals surface area contributed by atoms with Crippen LogP contribution in [0.15, 0.2) is 35.7 Å². The molecule has 0 aliphatic heterocycles. The van der Waals surface area contributed by atoms with E-state index in [0.717, 1.165) is 11.9 Å². The van der Waals surface area contributed by atoms with Gasteiger partial charge in [0.15, 0.2) is 0 Å². The minimum Gasteiger partial charge on any atom is -0.497 e. The van der Waals surface area contributed by atoms with Gasteiger partial charge in [0.25, 0.3) is 15.2 Å². The lowest BCUT2D eigenvalue weighted by atomic mass is 10.2. The second-order valence-electron chi connectivity index (χ2n) is 3.47. The largest absolute Gasteiger partial charge is 0.497 e. The number of H-pyrrole nitrogens is 1. The number of ether oxygens (including phenoxy) is 1. The van der Waals surface area contributed by atoms with Crippen molar-refractivity contribution < 1.29 is 13.2 Å². The third-order valence-electron chi connectivity index (χ3n) is 2.25. The number of aromatic amines is 1. The van der Waals surface area contributed by atoms with Gasteiger partial charge in [0.2, 0.25) is 0 Å². The lowest BCUT2D eigenvalue weighted by molar-refractivity contribution is 0.414. The van der Waals surface area contributed by atoms with Crippen LogP contribution in [-0.2, 0) is 16.6 Å². The molecule has 8 heteroatoms. The summed E-state index contributed by atoms with van der Waals surface area (Å²) in [6.07, 6.45) is 1.14. The van der Waals surface area contributed by atoms with Crippen molar-refractivity contribution in [2.24, 2.45) is 0 Å². The van der Waals surface area contributed by atoms with Crippen molar-refractivity contribution in [3.8, 4) is 5.75 Å². The standard InChI is InChI=1S/C10H12N4O3S/c1-17-9-4-2-3-8(5-9)6-13-18(15,16)10-11-7-12-14-10/h2-5,7,13H,6H2,1H3,(H,11,12,14). The predicted octanol–water partition coefficient (Wildman–Crippen LogP) is 0.292. The van der Waals surface area contributed by atoms with Crippen LogP contribution < -0.4 is 9.46 Å². The maximum Gasteiger partial charge on any atom is 0.276 e. The summed E-state index contributed by atoms with van der Waals surface area (Å²) in [5.41, 5.74) is 0.789. The van der Waals surface area contributed by atoms with Crippen LogP contribution in [0.3, 0.4) is 0 Å². The monoisotopic (exact) mass is 268 g/mol. The zero-order valence-electron chi connectivity index (χ0n) is 9.62. The summed E-state index contributed by atoms with van der Waals surface area (Å²) in [5, 5.41) is 5.59. The van der Waals surface area contributed by atoms with E-state index in [4.69, 9.17) is 4.74 Å². The van der Waals surface area contributed by atoms with Gasteiger partial charge in [-0.25, -0.2) is 23.2 Å². The lowest BCUT2D eigenvalue weighted by Gasteiger charge is -2.05. The van der Waals surface area contributed by atoms with E-state index < -0.39 is 10.0 Å². The molecule has 1 aromatic carbocycles. The predicted molar refractivity (Wildman–Crippen MR) is 63.4 cm³/mol. The Balaban J connectivity index is 2.07. The first kappa shape index (κ1) is 12.5. The number of nitrogens with zero attached hydrogens (tertiary/aromatic N) is 2. The van der Waals surface area contributed by atoms with E-state index >= 15 is 0 Å². The molecule has 2 N–H and O–H groups in total. The number of sulfonamides is 1. The van der Waals surface area contributed by atoms with Crippen LogP contribution in [0.2, 0.25) is 0 Å². The van der Waals surface area contributed by atoms with Crippen LogP contribution in [0, 0.1) is 0 Å². The van der Waals surface area contributed by atoms with Crippen molar-refractivity contribution >= 4 is 10.0 Å². The second-order valence-corrected chi connectivity index (χ2v) is 5.15. The first-order valence-corrected chi connectivity index (χ1v) is 6.58. The Hall–Kier alpha value is -1.93. The summed E-state index contributed by atoms with van der Waals surface area (Å²) in [6, 6.07) is 7.12. The van der Waals surface area contributed by atoms with Crippen LogP contribution in [0.1, 0.15) is 5.56 Å². The fourth-order valence-corrected chi connectivity index (χ4v) is 2.21. The van der Waals surface area contributed by atoms with Gasteiger partial charge < -0.3 is 4.74 Å². The van der Waals surface area contributed by atoms with Gasteiger partial charge in [-0.05, 0) is 17.7 Å². The van der Waals surface area contributed by atoms with Gasteiger partial charge in [-0.15, -0.1) is 0 Å². The molecular formula is C10H12N4O3S. The maximum absolute atomic E-state index is 11.7. The number of aromatic nitrogens is 3. The van der Waals surface area contributed by atoms with Gasteiger partial charge >= 0.3 is 0 Å². The molecule has 0 saturated carbocycles. The second kappa shape index (κ2) is 5.15. The highest BCUT2D eigenvalue weighted by Gasteiger charge is 2.16. The van der Waals surface area contributed by atoms with Crippen LogP contribution in [-0.4, -0.2) is 30.7 Å². The molecule has 0 aliphatic carbocycles. The first-order valence-electron chi connectivity index (χ1n) is 5.10. The fraction of sp³-hybridized carbons (Fsp3) is 0.200. The summed E-state index contributed by atoms with van der Waals surface area (Å²) < 4.78 is 31.0.